The van der Waals surface area contributed by atoms with Crippen LogP contribution in [0.25, 0.3) is 11.1 Å². The Hall–Kier alpha value is -6.64. The van der Waals surface area contributed by atoms with Crippen LogP contribution in [0, 0.1) is 58.2 Å². The summed E-state index contributed by atoms with van der Waals surface area (Å²) < 4.78 is 149. The Labute approximate surface area is 292 Å². The van der Waals surface area contributed by atoms with Gasteiger partial charge in [-0.05, 0) is 60.7 Å². The van der Waals surface area contributed by atoms with Crippen LogP contribution in [0.15, 0.2) is 118 Å². The third kappa shape index (κ3) is 6.30. The molecule has 0 unspecified atom stereocenters. The van der Waals surface area contributed by atoms with Crippen LogP contribution < -0.4 is 10.6 Å². The van der Waals surface area contributed by atoms with Gasteiger partial charge in [-0.2, -0.15) is 0 Å². The lowest BCUT2D eigenvalue weighted by atomic mass is 9.98. The molecule has 4 aromatic carbocycles. The number of nitrogens with one attached hydrogen (secondary N) is 3. The topological polar surface area (TPSA) is 64.6 Å². The first-order valence-electron chi connectivity index (χ1n) is 15.3. The van der Waals surface area contributed by atoms with Crippen LogP contribution in [0.5, 0.6) is 0 Å². The second kappa shape index (κ2) is 13.8. The van der Waals surface area contributed by atoms with Gasteiger partial charge in [0, 0.05) is 33.9 Å². The molecule has 0 saturated heterocycles. The van der Waals surface area contributed by atoms with Crippen LogP contribution in [0.3, 0.4) is 0 Å². The van der Waals surface area contributed by atoms with E-state index in [9.17, 15) is 26.3 Å². The zero-order chi connectivity index (χ0) is 37.6. The number of nitrogens with zero attached hydrogens (tertiary/aromatic N) is 2. The molecule has 0 aliphatic carbocycles. The third-order valence-corrected chi connectivity index (χ3v) is 8.03. The van der Waals surface area contributed by atoms with Gasteiger partial charge in [0.15, 0.2) is 46.5 Å². The molecule has 0 fully saturated rings. The van der Waals surface area contributed by atoms with Gasteiger partial charge in [-0.15, -0.1) is 0 Å². The van der Waals surface area contributed by atoms with Crippen molar-refractivity contribution in [2.45, 2.75) is 0 Å². The fourth-order valence-corrected chi connectivity index (χ4v) is 5.62. The second-order valence-electron chi connectivity index (χ2n) is 11.3. The highest BCUT2D eigenvalue weighted by atomic mass is 19.2. The molecule has 0 atom stereocenters. The molecule has 5 aromatic rings. The maximum Gasteiger partial charge on any atom is 0.200 e. The number of H-pyrrole nitrogens is 1. The van der Waals surface area contributed by atoms with Crippen LogP contribution in [0.2, 0.25) is 0 Å². The molecule has 0 radical (unpaired) electrons. The molecule has 0 amide bonds. The summed E-state index contributed by atoms with van der Waals surface area (Å²) in [5.74, 6) is -22.7. The first-order valence-corrected chi connectivity index (χ1v) is 15.3. The molecule has 0 spiro atoms. The Morgan fingerprint density at radius 3 is 1.06 bits per heavy atom. The summed E-state index contributed by atoms with van der Waals surface area (Å²) in [5, 5.41) is 5.85. The molecular weight excluding hydrogens is 716 g/mol. The van der Waals surface area contributed by atoms with Crippen molar-refractivity contribution < 1.29 is 43.9 Å². The van der Waals surface area contributed by atoms with Crippen molar-refractivity contribution in [2.75, 3.05) is 10.6 Å². The molecule has 0 bridgehead atoms. The number of hydrogen-bond donors (Lipinski definition) is 3. The van der Waals surface area contributed by atoms with E-state index in [2.05, 4.69) is 25.6 Å². The molecule has 3 N–H and O–H groups in total. The number of rotatable bonds is 6. The number of allylic oxidation sites excluding steroid dienone is 2. The van der Waals surface area contributed by atoms with E-state index in [0.717, 1.165) is 12.1 Å². The van der Waals surface area contributed by atoms with Gasteiger partial charge in [-0.3, -0.25) is 0 Å². The normalized spacial score (nSPS) is 15.5. The van der Waals surface area contributed by atoms with Crippen molar-refractivity contribution in [2.24, 2.45) is 9.98 Å². The van der Waals surface area contributed by atoms with Crippen LogP contribution >= 0.6 is 0 Å². The smallest absolute Gasteiger partial charge is 0.200 e. The number of hydrogen-bond acceptors (Lipinski definition) is 4. The zero-order valence-corrected chi connectivity index (χ0v) is 26.4. The first-order chi connectivity index (χ1) is 25.4. The van der Waals surface area contributed by atoms with Gasteiger partial charge in [0.05, 0.1) is 22.5 Å². The van der Waals surface area contributed by atoms with E-state index in [0.29, 0.717) is 11.4 Å². The van der Waals surface area contributed by atoms with E-state index < -0.39 is 91.8 Å². The van der Waals surface area contributed by atoms with Gasteiger partial charge in [0.2, 0.25) is 11.6 Å². The number of para-hydroxylation sites is 2. The Bertz CT molecular complexity index is 2270. The van der Waals surface area contributed by atoms with Gasteiger partial charge in [-0.1, -0.05) is 36.4 Å². The Morgan fingerprint density at radius 2 is 0.717 bits per heavy atom. The minimum atomic E-state index is -2.43. The molecule has 1 aromatic heterocycles. The van der Waals surface area contributed by atoms with E-state index >= 15 is 17.6 Å². The number of aliphatic imine (C=N–C) groups is 2. The van der Waals surface area contributed by atoms with E-state index in [4.69, 9.17) is 0 Å². The van der Waals surface area contributed by atoms with E-state index in [1.165, 1.54) is 24.3 Å². The lowest BCUT2D eigenvalue weighted by molar-refractivity contribution is 0.376. The molecule has 266 valence electrons. The monoisotopic (exact) mass is 735 g/mol. The lowest BCUT2D eigenvalue weighted by Crippen LogP contribution is -2.10. The quantitative estimate of drug-likeness (QED) is 0.0924. The third-order valence-electron chi connectivity index (χ3n) is 8.03. The van der Waals surface area contributed by atoms with E-state index in [1.54, 1.807) is 60.7 Å². The predicted octanol–water partition coefficient (Wildman–Crippen LogP) is 10.1. The highest BCUT2D eigenvalue weighted by Gasteiger charge is 2.33. The van der Waals surface area contributed by atoms with Crippen molar-refractivity contribution in [3.05, 3.63) is 189 Å². The molecule has 15 heteroatoms. The van der Waals surface area contributed by atoms with Crippen molar-refractivity contribution >= 4 is 34.2 Å². The standard InChI is InChI=1S/C38H19F10N5/c39-29-27(30(40)34(44)37(47)33(29)43)25(21-13-15-23(52-21)49-17-7-3-1-4-8-17)19-11-12-20(51-19)26(28-31(41)35(45)38(48)36(46)32(28)42)22-14-16-24(53-22)50-18-9-5-2-6-10-18/h1-16,51H,(H,49,52)(H,50,53)/b25-21+,26-22+. The molecule has 5 nitrogen and oxygen atoms in total. The Kier molecular flexibility index (Phi) is 9.07. The fourth-order valence-electron chi connectivity index (χ4n) is 5.62. The molecule has 0 saturated carbocycles. The van der Waals surface area contributed by atoms with Gasteiger partial charge in [0.1, 0.15) is 11.7 Å². The summed E-state index contributed by atoms with van der Waals surface area (Å²) >= 11 is 0. The average Bonchev–Trinajstić information content (AvgIpc) is 3.95. The lowest BCUT2D eigenvalue weighted by Gasteiger charge is -2.14. The maximum atomic E-state index is 15.4. The maximum absolute atomic E-state index is 15.4. The van der Waals surface area contributed by atoms with Crippen molar-refractivity contribution in [3.8, 4) is 0 Å². The van der Waals surface area contributed by atoms with Crippen LogP contribution in [-0.2, 0) is 0 Å². The largest absolute Gasteiger partial charge is 0.354 e. The summed E-state index contributed by atoms with van der Waals surface area (Å²) in [4.78, 5) is 11.1. The summed E-state index contributed by atoms with van der Waals surface area (Å²) in [7, 11) is 0. The zero-order valence-electron chi connectivity index (χ0n) is 26.4. The van der Waals surface area contributed by atoms with Crippen LogP contribution in [-0.4, -0.2) is 16.7 Å². The fraction of sp³-hybridized carbons (Fsp3) is 0. The number of amidine groups is 2. The molecule has 3 heterocycles. The highest BCUT2D eigenvalue weighted by molar-refractivity contribution is 6.09. The van der Waals surface area contributed by atoms with Gasteiger partial charge >= 0.3 is 0 Å². The summed E-state index contributed by atoms with van der Waals surface area (Å²) in [5.41, 5.74) is -4.71. The number of aromatic nitrogens is 1. The first kappa shape index (κ1) is 34.8. The predicted molar refractivity (Wildman–Crippen MR) is 179 cm³/mol. The van der Waals surface area contributed by atoms with Crippen molar-refractivity contribution in [1.29, 1.82) is 0 Å². The SMILES string of the molecule is Fc1c(F)c(F)c(/C(=C2\C=CC(Nc3ccccc3)=N2)c2ccc(/C(=C3/C=CC(Nc4ccccc4)=N3)c3c(F)c(F)c(F)c(F)c3F)[nH]2)c(F)c1F. The average molecular weight is 736 g/mol. The van der Waals surface area contributed by atoms with Crippen LogP contribution in [0.1, 0.15) is 22.5 Å². The van der Waals surface area contributed by atoms with Gasteiger partial charge in [0.25, 0.3) is 0 Å². The molecule has 2 aliphatic rings. The number of halogens is 10. The van der Waals surface area contributed by atoms with E-state index in [-0.39, 0.29) is 23.1 Å². The molecular formula is C38H19F10N5. The summed E-state index contributed by atoms with van der Waals surface area (Å²) in [6.07, 6.45) is 5.10. The minimum Gasteiger partial charge on any atom is -0.354 e. The van der Waals surface area contributed by atoms with Gasteiger partial charge in [-0.25, -0.2) is 53.9 Å². The van der Waals surface area contributed by atoms with E-state index in [1.807, 2.05) is 0 Å². The van der Waals surface area contributed by atoms with Crippen molar-refractivity contribution in [3.63, 3.8) is 0 Å². The minimum absolute atomic E-state index is 0.0902. The van der Waals surface area contributed by atoms with Crippen LogP contribution in [0.4, 0.5) is 55.3 Å². The Balaban J connectivity index is 1.45. The number of benzene rings is 4. The molecule has 2 aliphatic heterocycles. The molecule has 53 heavy (non-hydrogen) atoms. The van der Waals surface area contributed by atoms with Crippen molar-refractivity contribution in [1.82, 2.24) is 4.98 Å². The second-order valence-corrected chi connectivity index (χ2v) is 11.3. The van der Waals surface area contributed by atoms with Gasteiger partial charge < -0.3 is 15.6 Å². The summed E-state index contributed by atoms with van der Waals surface area (Å²) in [6, 6.07) is 19.0. The molecule has 7 rings (SSSR count). The number of anilines is 2. The summed E-state index contributed by atoms with van der Waals surface area (Å²) in [6.45, 7) is 0. The number of aromatic amines is 1. The highest BCUT2D eigenvalue weighted by Crippen LogP contribution is 2.40. The Morgan fingerprint density at radius 1 is 0.396 bits per heavy atom.